The molecule has 4 nitrogen and oxygen atoms in total. The smallest absolute Gasteiger partial charge is 0.323 e. The van der Waals surface area contributed by atoms with E-state index in [1.165, 1.54) is 0 Å². The van der Waals surface area contributed by atoms with Gasteiger partial charge in [0.2, 0.25) is 0 Å². The highest BCUT2D eigenvalue weighted by Gasteiger charge is 2.46. The molecule has 2 rings (SSSR count). The first-order chi connectivity index (χ1) is 6.14. The van der Waals surface area contributed by atoms with E-state index in [9.17, 15) is 4.79 Å². The summed E-state index contributed by atoms with van der Waals surface area (Å²) in [4.78, 5) is 13.2. The van der Waals surface area contributed by atoms with Gasteiger partial charge in [-0.2, -0.15) is 5.26 Å². The van der Waals surface area contributed by atoms with E-state index in [1.54, 1.807) is 0 Å². The van der Waals surface area contributed by atoms with Gasteiger partial charge in [-0.15, -0.1) is 0 Å². The van der Waals surface area contributed by atoms with Crippen molar-refractivity contribution in [1.82, 2.24) is 4.90 Å². The summed E-state index contributed by atoms with van der Waals surface area (Å²) in [6.07, 6.45) is 0.778. The summed E-state index contributed by atoms with van der Waals surface area (Å²) in [5.41, 5.74) is -0.247. The van der Waals surface area contributed by atoms with Crippen molar-refractivity contribution >= 4 is 5.97 Å². The van der Waals surface area contributed by atoms with Crippen LogP contribution < -0.4 is 0 Å². The number of esters is 1. The van der Waals surface area contributed by atoms with E-state index in [-0.39, 0.29) is 17.4 Å². The number of nitriles is 1. The van der Waals surface area contributed by atoms with E-state index in [0.717, 1.165) is 6.42 Å². The van der Waals surface area contributed by atoms with Gasteiger partial charge in [-0.1, -0.05) is 0 Å². The lowest BCUT2D eigenvalue weighted by atomic mass is 9.82. The van der Waals surface area contributed by atoms with E-state index in [2.05, 4.69) is 6.07 Å². The molecule has 70 valence electrons. The zero-order chi connectivity index (χ0) is 9.47. The minimum Gasteiger partial charge on any atom is -0.464 e. The minimum atomic E-state index is -0.247. The van der Waals surface area contributed by atoms with Crippen LogP contribution in [0.15, 0.2) is 0 Å². The van der Waals surface area contributed by atoms with Crippen molar-refractivity contribution < 1.29 is 9.53 Å². The molecular weight excluding hydrogens is 168 g/mol. The Morgan fingerprint density at radius 1 is 1.69 bits per heavy atom. The van der Waals surface area contributed by atoms with Gasteiger partial charge < -0.3 is 4.74 Å². The molecular formula is C9H12N2O2. The van der Waals surface area contributed by atoms with Crippen molar-refractivity contribution in [2.24, 2.45) is 5.41 Å². The third kappa shape index (κ3) is 1.29. The Morgan fingerprint density at radius 2 is 2.38 bits per heavy atom. The van der Waals surface area contributed by atoms with Crippen LogP contribution in [0.5, 0.6) is 0 Å². The summed E-state index contributed by atoms with van der Waals surface area (Å²) in [5, 5.41) is 8.78. The van der Waals surface area contributed by atoms with Gasteiger partial charge >= 0.3 is 5.97 Å². The summed E-state index contributed by atoms with van der Waals surface area (Å²) in [7, 11) is 0. The third-order valence-electron chi connectivity index (χ3n) is 2.72. The number of ether oxygens (including phenoxy) is 1. The standard InChI is InChI=1S/C9H12N2O2/c1-9(4-10)5-11(6-9)7-2-3-13-8(7)12/h7H,2-3,5-6H2,1H3. The third-order valence-corrected chi connectivity index (χ3v) is 2.72. The first kappa shape index (κ1) is 8.52. The van der Waals surface area contributed by atoms with Crippen molar-refractivity contribution in [3.63, 3.8) is 0 Å². The number of likely N-dealkylation sites (tertiary alicyclic amines) is 1. The van der Waals surface area contributed by atoms with Crippen LogP contribution in [0.2, 0.25) is 0 Å². The van der Waals surface area contributed by atoms with Gasteiger partial charge in [-0.25, -0.2) is 0 Å². The van der Waals surface area contributed by atoms with Crippen LogP contribution in [0, 0.1) is 16.7 Å². The Balaban J connectivity index is 1.94. The van der Waals surface area contributed by atoms with Gasteiger partial charge in [-0.3, -0.25) is 9.69 Å². The zero-order valence-electron chi connectivity index (χ0n) is 7.62. The fraction of sp³-hybridized carbons (Fsp3) is 0.778. The normalized spacial score (nSPS) is 32.0. The van der Waals surface area contributed by atoms with Gasteiger partial charge in [0.05, 0.1) is 18.1 Å². The minimum absolute atomic E-state index is 0.0820. The number of cyclic esters (lactones) is 1. The van der Waals surface area contributed by atoms with Crippen LogP contribution in [-0.2, 0) is 9.53 Å². The van der Waals surface area contributed by atoms with Crippen LogP contribution in [0.4, 0.5) is 0 Å². The molecule has 0 aromatic heterocycles. The zero-order valence-corrected chi connectivity index (χ0v) is 7.62. The molecule has 0 radical (unpaired) electrons. The highest BCUT2D eigenvalue weighted by atomic mass is 16.5. The molecule has 13 heavy (non-hydrogen) atoms. The summed E-state index contributed by atoms with van der Waals surface area (Å²) < 4.78 is 4.86. The van der Waals surface area contributed by atoms with Crippen molar-refractivity contribution in [2.45, 2.75) is 19.4 Å². The molecule has 2 aliphatic rings. The molecule has 2 heterocycles. The molecule has 0 N–H and O–H groups in total. The number of carbonyl (C=O) groups is 1. The van der Waals surface area contributed by atoms with Gasteiger partial charge in [0.1, 0.15) is 6.04 Å². The molecule has 2 fully saturated rings. The van der Waals surface area contributed by atoms with Crippen molar-refractivity contribution in [2.75, 3.05) is 19.7 Å². The van der Waals surface area contributed by atoms with Crippen LogP contribution in [-0.4, -0.2) is 36.6 Å². The van der Waals surface area contributed by atoms with E-state index in [1.807, 2.05) is 11.8 Å². The summed E-state index contributed by atoms with van der Waals surface area (Å²) in [5.74, 6) is -0.125. The predicted molar refractivity (Wildman–Crippen MR) is 44.7 cm³/mol. The summed E-state index contributed by atoms with van der Waals surface area (Å²) in [6.45, 7) is 3.85. The number of nitrogens with zero attached hydrogens (tertiary/aromatic N) is 2. The Labute approximate surface area is 77.1 Å². The predicted octanol–water partition coefficient (Wildman–Crippen LogP) is 0.147. The number of hydrogen-bond donors (Lipinski definition) is 0. The molecule has 0 aliphatic carbocycles. The topological polar surface area (TPSA) is 53.3 Å². The van der Waals surface area contributed by atoms with Crippen LogP contribution in [0.1, 0.15) is 13.3 Å². The number of carbonyl (C=O) groups excluding carboxylic acids is 1. The lowest BCUT2D eigenvalue weighted by Gasteiger charge is -2.45. The van der Waals surface area contributed by atoms with E-state index >= 15 is 0 Å². The van der Waals surface area contributed by atoms with E-state index in [0.29, 0.717) is 19.7 Å². The molecule has 0 aromatic carbocycles. The second-order valence-corrected chi connectivity index (χ2v) is 4.05. The molecule has 2 aliphatic heterocycles. The fourth-order valence-electron chi connectivity index (χ4n) is 1.96. The molecule has 1 unspecified atom stereocenters. The van der Waals surface area contributed by atoms with Gasteiger partial charge in [0, 0.05) is 19.5 Å². The summed E-state index contributed by atoms with van der Waals surface area (Å²) >= 11 is 0. The van der Waals surface area contributed by atoms with Gasteiger partial charge in [0.25, 0.3) is 0 Å². The van der Waals surface area contributed by atoms with Gasteiger partial charge in [-0.05, 0) is 6.92 Å². The largest absolute Gasteiger partial charge is 0.464 e. The molecule has 0 bridgehead atoms. The van der Waals surface area contributed by atoms with E-state index < -0.39 is 0 Å². The number of rotatable bonds is 1. The lowest BCUT2D eigenvalue weighted by molar-refractivity contribution is -0.145. The SMILES string of the molecule is CC1(C#N)CN(C2CCOC2=O)C1. The van der Waals surface area contributed by atoms with Crippen molar-refractivity contribution in [3.05, 3.63) is 0 Å². The molecule has 1 atom stereocenters. The average Bonchev–Trinajstić information content (AvgIpc) is 2.46. The summed E-state index contributed by atoms with van der Waals surface area (Å²) in [6, 6.07) is 2.17. The monoisotopic (exact) mass is 180 g/mol. The Morgan fingerprint density at radius 3 is 2.85 bits per heavy atom. The van der Waals surface area contributed by atoms with Crippen LogP contribution in [0.3, 0.4) is 0 Å². The second-order valence-electron chi connectivity index (χ2n) is 4.05. The van der Waals surface area contributed by atoms with E-state index in [4.69, 9.17) is 10.00 Å². The van der Waals surface area contributed by atoms with Crippen molar-refractivity contribution in [3.8, 4) is 6.07 Å². The quantitative estimate of drug-likeness (QED) is 0.539. The Kier molecular flexibility index (Phi) is 1.77. The maximum atomic E-state index is 11.2. The molecule has 0 aromatic rings. The maximum Gasteiger partial charge on any atom is 0.323 e. The lowest BCUT2D eigenvalue weighted by Crippen LogP contribution is -2.58. The maximum absolute atomic E-state index is 11.2. The highest BCUT2D eigenvalue weighted by molar-refractivity contribution is 5.77. The first-order valence-electron chi connectivity index (χ1n) is 4.47. The highest BCUT2D eigenvalue weighted by Crippen LogP contribution is 2.32. The van der Waals surface area contributed by atoms with Crippen LogP contribution >= 0.6 is 0 Å². The van der Waals surface area contributed by atoms with Crippen LogP contribution in [0.25, 0.3) is 0 Å². The van der Waals surface area contributed by atoms with Gasteiger partial charge in [0.15, 0.2) is 0 Å². The molecule has 4 heteroatoms. The fourth-order valence-corrected chi connectivity index (χ4v) is 1.96. The molecule has 0 saturated carbocycles. The number of hydrogen-bond acceptors (Lipinski definition) is 4. The Bertz CT molecular complexity index is 276. The molecule has 2 saturated heterocycles. The molecule has 0 spiro atoms. The molecule has 0 amide bonds. The average molecular weight is 180 g/mol. The Hall–Kier alpha value is -1.08. The second kappa shape index (κ2) is 2.71. The first-order valence-corrected chi connectivity index (χ1v) is 4.47. The van der Waals surface area contributed by atoms with Crippen molar-refractivity contribution in [1.29, 1.82) is 5.26 Å².